The summed E-state index contributed by atoms with van der Waals surface area (Å²) in [6.45, 7) is 3.64. The molecule has 0 amide bonds. The van der Waals surface area contributed by atoms with Crippen molar-refractivity contribution < 1.29 is 4.39 Å². The lowest BCUT2D eigenvalue weighted by molar-refractivity contribution is 0.237. The van der Waals surface area contributed by atoms with Crippen LogP contribution in [-0.4, -0.2) is 31.4 Å². The summed E-state index contributed by atoms with van der Waals surface area (Å²) >= 11 is 1.59. The minimum absolute atomic E-state index is 0.140. The molecule has 0 unspecified atom stereocenters. The average Bonchev–Trinajstić information content (AvgIpc) is 3.26. The van der Waals surface area contributed by atoms with E-state index in [0.717, 1.165) is 46.7 Å². The van der Waals surface area contributed by atoms with Crippen LogP contribution in [0, 0.1) is 12.7 Å². The predicted octanol–water partition coefficient (Wildman–Crippen LogP) is 3.86. The van der Waals surface area contributed by atoms with Crippen LogP contribution in [0.4, 0.5) is 15.3 Å². The molecule has 0 spiro atoms. The van der Waals surface area contributed by atoms with E-state index in [-0.39, 0.29) is 11.9 Å². The molecule has 1 aliphatic heterocycles. The highest BCUT2D eigenvalue weighted by Gasteiger charge is 2.28. The molecule has 0 aliphatic carbocycles. The van der Waals surface area contributed by atoms with Gasteiger partial charge in [-0.25, -0.2) is 19.3 Å². The molecule has 1 atom stereocenters. The summed E-state index contributed by atoms with van der Waals surface area (Å²) in [7, 11) is 0. The Bertz CT molecular complexity index is 881. The quantitative estimate of drug-likeness (QED) is 0.736. The summed E-state index contributed by atoms with van der Waals surface area (Å²) in [5, 5.41) is 4.07. The summed E-state index contributed by atoms with van der Waals surface area (Å²) in [6.07, 6.45) is 6.96. The summed E-state index contributed by atoms with van der Waals surface area (Å²) < 4.78 is 13.1. The second-order valence-corrected chi connectivity index (χ2v) is 7.53. The molecule has 0 saturated carbocycles. The standard InChI is InChI=1S/C18H19FN6S/c1-12-9-22-18(26-12)24-16-6-7-20-17(23-16)15-3-2-8-25(15)11-14-5-4-13(19)10-21-14/h4-7,9-10,15H,2-3,8,11H2,1H3,(H,20,22,23,24)/t15-/m0/s1. The fraction of sp³-hybridized carbons (Fsp3) is 0.333. The molecule has 6 nitrogen and oxygen atoms in total. The van der Waals surface area contributed by atoms with Gasteiger partial charge in [-0.05, 0) is 44.5 Å². The van der Waals surface area contributed by atoms with Gasteiger partial charge in [-0.3, -0.25) is 9.88 Å². The van der Waals surface area contributed by atoms with E-state index in [1.165, 1.54) is 12.3 Å². The Hall–Kier alpha value is -2.45. The molecule has 3 aromatic heterocycles. The highest BCUT2D eigenvalue weighted by Crippen LogP contribution is 2.31. The molecule has 0 radical (unpaired) electrons. The predicted molar refractivity (Wildman–Crippen MR) is 98.7 cm³/mol. The third kappa shape index (κ3) is 3.86. The van der Waals surface area contributed by atoms with Gasteiger partial charge in [0, 0.05) is 23.8 Å². The number of hydrogen-bond donors (Lipinski definition) is 1. The number of anilines is 2. The number of halogens is 1. The van der Waals surface area contributed by atoms with Crippen LogP contribution in [0.2, 0.25) is 0 Å². The number of aromatic nitrogens is 4. The first-order valence-corrected chi connectivity index (χ1v) is 9.36. The Morgan fingerprint density at radius 2 is 2.15 bits per heavy atom. The van der Waals surface area contributed by atoms with Crippen LogP contribution in [0.5, 0.6) is 0 Å². The fourth-order valence-electron chi connectivity index (χ4n) is 3.14. The van der Waals surface area contributed by atoms with Gasteiger partial charge in [-0.15, -0.1) is 11.3 Å². The minimum Gasteiger partial charge on any atom is -0.316 e. The Balaban J connectivity index is 1.50. The average molecular weight is 370 g/mol. The van der Waals surface area contributed by atoms with Gasteiger partial charge in [0.05, 0.1) is 17.9 Å². The van der Waals surface area contributed by atoms with Gasteiger partial charge in [0.25, 0.3) is 0 Å². The van der Waals surface area contributed by atoms with Crippen LogP contribution in [0.15, 0.2) is 36.8 Å². The van der Waals surface area contributed by atoms with Crippen molar-refractivity contribution in [1.82, 2.24) is 24.8 Å². The molecule has 8 heteroatoms. The Kier molecular flexibility index (Phi) is 4.85. The first-order chi connectivity index (χ1) is 12.7. The van der Waals surface area contributed by atoms with Crippen LogP contribution in [0.25, 0.3) is 0 Å². The molecular weight excluding hydrogens is 351 g/mol. The van der Waals surface area contributed by atoms with Gasteiger partial charge < -0.3 is 5.32 Å². The topological polar surface area (TPSA) is 66.8 Å². The fourth-order valence-corrected chi connectivity index (χ4v) is 3.81. The smallest absolute Gasteiger partial charge is 0.188 e. The van der Waals surface area contributed by atoms with E-state index in [2.05, 4.69) is 30.2 Å². The summed E-state index contributed by atoms with van der Waals surface area (Å²) in [4.78, 5) is 21.1. The van der Waals surface area contributed by atoms with Crippen molar-refractivity contribution in [3.63, 3.8) is 0 Å². The number of pyridine rings is 1. The number of thiazole rings is 1. The van der Waals surface area contributed by atoms with E-state index in [1.54, 1.807) is 23.6 Å². The van der Waals surface area contributed by atoms with E-state index < -0.39 is 0 Å². The lowest BCUT2D eigenvalue weighted by Crippen LogP contribution is -2.24. The zero-order valence-electron chi connectivity index (χ0n) is 14.4. The molecule has 1 N–H and O–H groups in total. The molecule has 1 aliphatic rings. The molecule has 0 bridgehead atoms. The molecule has 26 heavy (non-hydrogen) atoms. The molecular formula is C18H19FN6S. The molecule has 1 fully saturated rings. The maximum atomic E-state index is 13.1. The van der Waals surface area contributed by atoms with Crippen LogP contribution < -0.4 is 5.32 Å². The molecule has 3 aromatic rings. The van der Waals surface area contributed by atoms with Crippen LogP contribution in [-0.2, 0) is 6.54 Å². The number of nitrogens with zero attached hydrogens (tertiary/aromatic N) is 5. The van der Waals surface area contributed by atoms with E-state index in [1.807, 2.05) is 19.2 Å². The monoisotopic (exact) mass is 370 g/mol. The highest BCUT2D eigenvalue weighted by atomic mass is 32.1. The number of hydrogen-bond acceptors (Lipinski definition) is 7. The molecule has 0 aromatic carbocycles. The first-order valence-electron chi connectivity index (χ1n) is 8.54. The van der Waals surface area contributed by atoms with Gasteiger partial charge in [0.15, 0.2) is 5.13 Å². The second kappa shape index (κ2) is 7.43. The third-order valence-corrected chi connectivity index (χ3v) is 5.17. The van der Waals surface area contributed by atoms with Crippen molar-refractivity contribution in [3.8, 4) is 0 Å². The summed E-state index contributed by atoms with van der Waals surface area (Å²) in [6, 6.07) is 5.17. The summed E-state index contributed by atoms with van der Waals surface area (Å²) in [5.74, 6) is 1.23. The third-order valence-electron chi connectivity index (χ3n) is 4.35. The molecule has 134 valence electrons. The maximum Gasteiger partial charge on any atom is 0.188 e. The van der Waals surface area contributed by atoms with Gasteiger partial charge in [0.1, 0.15) is 17.5 Å². The van der Waals surface area contributed by atoms with Crippen molar-refractivity contribution in [2.24, 2.45) is 0 Å². The maximum absolute atomic E-state index is 13.1. The largest absolute Gasteiger partial charge is 0.316 e. The summed E-state index contributed by atoms with van der Waals surface area (Å²) in [5.41, 5.74) is 0.853. The Morgan fingerprint density at radius 1 is 1.23 bits per heavy atom. The minimum atomic E-state index is -0.314. The molecule has 4 heterocycles. The lowest BCUT2D eigenvalue weighted by Gasteiger charge is -2.23. The Morgan fingerprint density at radius 3 is 2.92 bits per heavy atom. The van der Waals surface area contributed by atoms with Gasteiger partial charge >= 0.3 is 0 Å². The zero-order chi connectivity index (χ0) is 17.9. The molecule has 4 rings (SSSR count). The van der Waals surface area contributed by atoms with Crippen molar-refractivity contribution in [2.45, 2.75) is 32.4 Å². The van der Waals surface area contributed by atoms with Crippen molar-refractivity contribution in [3.05, 3.63) is 59.0 Å². The van der Waals surface area contributed by atoms with E-state index in [0.29, 0.717) is 6.54 Å². The van der Waals surface area contributed by atoms with Crippen LogP contribution >= 0.6 is 11.3 Å². The van der Waals surface area contributed by atoms with Gasteiger partial charge in [-0.1, -0.05) is 0 Å². The number of nitrogens with one attached hydrogen (secondary N) is 1. The Labute approximate surface area is 155 Å². The second-order valence-electron chi connectivity index (χ2n) is 6.30. The van der Waals surface area contributed by atoms with Crippen molar-refractivity contribution >= 4 is 22.3 Å². The molecule has 1 saturated heterocycles. The first kappa shape index (κ1) is 17.0. The number of rotatable bonds is 5. The highest BCUT2D eigenvalue weighted by molar-refractivity contribution is 7.15. The van der Waals surface area contributed by atoms with Crippen LogP contribution in [0.1, 0.15) is 35.3 Å². The van der Waals surface area contributed by atoms with Crippen molar-refractivity contribution in [2.75, 3.05) is 11.9 Å². The van der Waals surface area contributed by atoms with E-state index >= 15 is 0 Å². The van der Waals surface area contributed by atoms with Crippen LogP contribution in [0.3, 0.4) is 0 Å². The van der Waals surface area contributed by atoms with Gasteiger partial charge in [-0.2, -0.15) is 0 Å². The van der Waals surface area contributed by atoms with E-state index in [4.69, 9.17) is 0 Å². The number of aryl methyl sites for hydroxylation is 1. The number of likely N-dealkylation sites (tertiary alicyclic amines) is 1. The van der Waals surface area contributed by atoms with E-state index in [9.17, 15) is 4.39 Å². The normalized spacial score (nSPS) is 17.5. The zero-order valence-corrected chi connectivity index (χ0v) is 15.2. The van der Waals surface area contributed by atoms with Crippen molar-refractivity contribution in [1.29, 1.82) is 0 Å². The van der Waals surface area contributed by atoms with Gasteiger partial charge in [0.2, 0.25) is 0 Å². The lowest BCUT2D eigenvalue weighted by atomic mass is 10.2. The SMILES string of the molecule is Cc1cnc(Nc2ccnc([C@@H]3CCCN3Cc3ccc(F)cn3)n2)s1.